The molecule has 2 aliphatic rings. The summed E-state index contributed by atoms with van der Waals surface area (Å²) in [7, 11) is 0. The number of likely N-dealkylation sites (tertiary alicyclic amines) is 1. The molecule has 0 bridgehead atoms. The van der Waals surface area contributed by atoms with Crippen molar-refractivity contribution in [3.63, 3.8) is 0 Å². The van der Waals surface area contributed by atoms with Crippen LogP contribution in [0, 0.1) is 6.92 Å². The van der Waals surface area contributed by atoms with Crippen LogP contribution in [0.4, 0.5) is 11.4 Å². The van der Waals surface area contributed by atoms with Crippen LogP contribution in [0.1, 0.15) is 48.7 Å². The van der Waals surface area contributed by atoms with Gasteiger partial charge in [-0.1, -0.05) is 6.92 Å². The Morgan fingerprint density at radius 2 is 2.03 bits per heavy atom. The number of aryl methyl sites for hydroxylation is 1. The zero-order valence-electron chi connectivity index (χ0n) is 18.3. The zero-order chi connectivity index (χ0) is 21.4. The highest BCUT2D eigenvalue weighted by Gasteiger charge is 2.29. The molecule has 0 aliphatic carbocycles. The number of piperidine rings is 1. The molecule has 7 nitrogen and oxygen atoms in total. The van der Waals surface area contributed by atoms with E-state index < -0.39 is 0 Å². The van der Waals surface area contributed by atoms with Crippen LogP contribution in [0.5, 0.6) is 11.5 Å². The molecule has 1 amide bonds. The molecular formula is C24H27ClN4O3. The lowest BCUT2D eigenvalue weighted by Gasteiger charge is -2.35. The number of anilines is 2. The van der Waals surface area contributed by atoms with Crippen molar-refractivity contribution >= 4 is 40.7 Å². The number of pyridine rings is 2. The average molecular weight is 455 g/mol. The number of benzene rings is 1. The number of carbonyl (C=O) groups is 1. The Balaban J connectivity index is 0.00000245. The van der Waals surface area contributed by atoms with Crippen LogP contribution in [0.15, 0.2) is 36.5 Å². The van der Waals surface area contributed by atoms with E-state index >= 15 is 0 Å². The number of hydrogen-bond acceptors (Lipinski definition) is 6. The first-order valence-corrected chi connectivity index (χ1v) is 10.9. The van der Waals surface area contributed by atoms with E-state index in [4.69, 9.17) is 9.47 Å². The van der Waals surface area contributed by atoms with Gasteiger partial charge < -0.3 is 19.7 Å². The summed E-state index contributed by atoms with van der Waals surface area (Å²) >= 11 is 0. The van der Waals surface area contributed by atoms with Gasteiger partial charge in [0.2, 0.25) is 6.79 Å². The number of aromatic nitrogens is 2. The van der Waals surface area contributed by atoms with E-state index in [2.05, 4.69) is 22.2 Å². The summed E-state index contributed by atoms with van der Waals surface area (Å²) in [5, 5.41) is 4.27. The third kappa shape index (κ3) is 4.05. The van der Waals surface area contributed by atoms with Gasteiger partial charge in [0.15, 0.2) is 17.1 Å². The maximum Gasteiger partial charge on any atom is 0.257 e. The molecule has 3 aromatic rings. The number of fused-ring (bicyclic) bond motifs is 2. The summed E-state index contributed by atoms with van der Waals surface area (Å²) in [6, 6.07) is 9.87. The van der Waals surface area contributed by atoms with Gasteiger partial charge in [0.05, 0.1) is 11.3 Å². The molecule has 1 fully saturated rings. The van der Waals surface area contributed by atoms with E-state index in [-0.39, 0.29) is 31.1 Å². The summed E-state index contributed by atoms with van der Waals surface area (Å²) in [6.07, 6.45) is 5.87. The third-order valence-corrected chi connectivity index (χ3v) is 6.10. The maximum absolute atomic E-state index is 13.7. The Morgan fingerprint density at radius 3 is 2.88 bits per heavy atom. The second-order valence-corrected chi connectivity index (χ2v) is 8.12. The quantitative estimate of drug-likeness (QED) is 0.581. The Hall–Kier alpha value is -3.06. The fourth-order valence-electron chi connectivity index (χ4n) is 4.43. The Bertz CT molecular complexity index is 1150. The number of amides is 1. The van der Waals surface area contributed by atoms with E-state index in [1.165, 1.54) is 6.42 Å². The van der Waals surface area contributed by atoms with Gasteiger partial charge in [-0.25, -0.2) is 9.97 Å². The molecule has 0 radical (unpaired) electrons. The molecule has 8 heteroatoms. The molecule has 32 heavy (non-hydrogen) atoms. The minimum Gasteiger partial charge on any atom is -0.454 e. The van der Waals surface area contributed by atoms with E-state index in [0.29, 0.717) is 17.0 Å². The molecule has 0 spiro atoms. The molecule has 1 N–H and O–H groups in total. The second-order valence-electron chi connectivity index (χ2n) is 8.12. The van der Waals surface area contributed by atoms with E-state index in [1.54, 1.807) is 6.20 Å². The second kappa shape index (κ2) is 9.20. The van der Waals surface area contributed by atoms with Crippen LogP contribution >= 0.6 is 12.4 Å². The predicted molar refractivity (Wildman–Crippen MR) is 126 cm³/mol. The van der Waals surface area contributed by atoms with Gasteiger partial charge in [-0.15, -0.1) is 12.4 Å². The molecular weight excluding hydrogens is 428 g/mol. The van der Waals surface area contributed by atoms with Gasteiger partial charge in [0.25, 0.3) is 5.91 Å². The first-order chi connectivity index (χ1) is 15.1. The summed E-state index contributed by atoms with van der Waals surface area (Å²) in [4.78, 5) is 24.8. The number of halogens is 1. The van der Waals surface area contributed by atoms with Crippen LogP contribution in [0.25, 0.3) is 11.0 Å². The molecule has 2 aromatic heterocycles. The van der Waals surface area contributed by atoms with Crippen LogP contribution in [0.3, 0.4) is 0 Å². The fraction of sp³-hybridized carbons (Fsp3) is 0.375. The fourth-order valence-corrected chi connectivity index (χ4v) is 4.43. The summed E-state index contributed by atoms with van der Waals surface area (Å²) in [6.45, 7) is 5.08. The normalized spacial score (nSPS) is 17.2. The SMILES string of the molecule is CCC1CCCCN1C(=O)c1cnc2nc(C)ccc2c1Nc1ccc2c(c1)OCO2.Cl. The van der Waals surface area contributed by atoms with Crippen molar-refractivity contribution in [2.24, 2.45) is 0 Å². The van der Waals surface area contributed by atoms with Crippen LogP contribution in [-0.4, -0.2) is 40.2 Å². The third-order valence-electron chi connectivity index (χ3n) is 6.10. The topological polar surface area (TPSA) is 76.6 Å². The molecule has 4 heterocycles. The van der Waals surface area contributed by atoms with Crippen molar-refractivity contribution in [3.8, 4) is 11.5 Å². The Labute approximate surface area is 193 Å². The van der Waals surface area contributed by atoms with Crippen LogP contribution in [0.2, 0.25) is 0 Å². The van der Waals surface area contributed by atoms with Crippen molar-refractivity contribution in [2.75, 3.05) is 18.7 Å². The molecule has 1 saturated heterocycles. The standard InChI is InChI=1S/C24H26N4O3.ClH/c1-3-17-6-4-5-11-28(17)24(29)19-13-25-23-18(9-7-15(2)26-23)22(19)27-16-8-10-20-21(12-16)31-14-30-20;/h7-10,12-13,17H,3-6,11,14H2,1-2H3,(H,25,26,27);1H. The molecule has 2 aliphatic heterocycles. The van der Waals surface area contributed by atoms with Crippen molar-refractivity contribution in [1.29, 1.82) is 0 Å². The molecule has 168 valence electrons. The molecule has 1 atom stereocenters. The van der Waals surface area contributed by atoms with Crippen molar-refractivity contribution in [2.45, 2.75) is 45.6 Å². The lowest BCUT2D eigenvalue weighted by Crippen LogP contribution is -2.43. The number of carbonyl (C=O) groups excluding carboxylic acids is 1. The molecule has 0 saturated carbocycles. The van der Waals surface area contributed by atoms with E-state index in [0.717, 1.165) is 54.0 Å². The maximum atomic E-state index is 13.7. The zero-order valence-corrected chi connectivity index (χ0v) is 19.1. The van der Waals surface area contributed by atoms with E-state index in [1.807, 2.05) is 42.2 Å². The number of rotatable bonds is 4. The lowest BCUT2D eigenvalue weighted by molar-refractivity contribution is 0.0609. The first kappa shape index (κ1) is 22.1. The lowest BCUT2D eigenvalue weighted by atomic mass is 9.98. The smallest absolute Gasteiger partial charge is 0.257 e. The van der Waals surface area contributed by atoms with Gasteiger partial charge in [0, 0.05) is 41.6 Å². The predicted octanol–water partition coefficient (Wildman–Crippen LogP) is 5.24. The van der Waals surface area contributed by atoms with Gasteiger partial charge in [-0.2, -0.15) is 0 Å². The summed E-state index contributed by atoms with van der Waals surface area (Å²) in [5.74, 6) is 1.43. The van der Waals surface area contributed by atoms with Crippen molar-refractivity contribution < 1.29 is 14.3 Å². The van der Waals surface area contributed by atoms with Gasteiger partial charge >= 0.3 is 0 Å². The highest BCUT2D eigenvalue weighted by Crippen LogP contribution is 2.37. The number of nitrogens with zero attached hydrogens (tertiary/aromatic N) is 3. The van der Waals surface area contributed by atoms with Gasteiger partial charge in [0.1, 0.15) is 0 Å². The molecule has 5 rings (SSSR count). The number of hydrogen-bond donors (Lipinski definition) is 1. The Kier molecular flexibility index (Phi) is 6.37. The van der Waals surface area contributed by atoms with Crippen LogP contribution < -0.4 is 14.8 Å². The monoisotopic (exact) mass is 454 g/mol. The largest absolute Gasteiger partial charge is 0.454 e. The number of ether oxygens (including phenoxy) is 2. The van der Waals surface area contributed by atoms with Crippen molar-refractivity contribution in [3.05, 3.63) is 47.8 Å². The minimum atomic E-state index is 0. The van der Waals surface area contributed by atoms with Crippen molar-refractivity contribution in [1.82, 2.24) is 14.9 Å². The van der Waals surface area contributed by atoms with E-state index in [9.17, 15) is 4.79 Å². The highest BCUT2D eigenvalue weighted by molar-refractivity contribution is 6.07. The average Bonchev–Trinajstić information content (AvgIpc) is 3.26. The minimum absolute atomic E-state index is 0. The summed E-state index contributed by atoms with van der Waals surface area (Å²) < 4.78 is 10.9. The Morgan fingerprint density at radius 1 is 1.19 bits per heavy atom. The van der Waals surface area contributed by atoms with Gasteiger partial charge in [-0.05, 0) is 56.9 Å². The first-order valence-electron chi connectivity index (χ1n) is 10.9. The highest BCUT2D eigenvalue weighted by atomic mass is 35.5. The van der Waals surface area contributed by atoms with Crippen LogP contribution in [-0.2, 0) is 0 Å². The van der Waals surface area contributed by atoms with Gasteiger partial charge in [-0.3, -0.25) is 4.79 Å². The molecule has 1 aromatic carbocycles. The summed E-state index contributed by atoms with van der Waals surface area (Å²) in [5.41, 5.74) is 3.61. The number of nitrogens with one attached hydrogen (secondary N) is 1. The molecule has 1 unspecified atom stereocenters.